The van der Waals surface area contributed by atoms with E-state index in [1.165, 1.54) is 20.0 Å². The second kappa shape index (κ2) is 12.4. The Bertz CT molecular complexity index is 1900. The number of benzene rings is 1. The molecule has 49 heavy (non-hydrogen) atoms. The number of methoxy groups -OCH3 is 1. The predicted octanol–water partition coefficient (Wildman–Crippen LogP) is 4.80. The molecule has 4 fully saturated rings. The number of nitrogens with one attached hydrogen (secondary N) is 1. The third kappa shape index (κ3) is 5.77. The number of aromatic nitrogens is 5. The Morgan fingerprint density at radius 3 is 2.78 bits per heavy atom. The molecule has 1 aromatic carbocycles. The second-order valence-electron chi connectivity index (χ2n) is 14.7. The minimum absolute atomic E-state index is 0.00510. The number of aliphatic hydroxyl groups is 2. The quantitative estimate of drug-likeness (QED) is 0.234. The van der Waals surface area contributed by atoms with Gasteiger partial charge >= 0.3 is 6.01 Å². The minimum atomic E-state index is -1.30. The predicted molar refractivity (Wildman–Crippen MR) is 183 cm³/mol. The average Bonchev–Trinajstić information content (AvgIpc) is 3.72. The van der Waals surface area contributed by atoms with E-state index in [1.807, 2.05) is 6.92 Å². The van der Waals surface area contributed by atoms with Gasteiger partial charge in [-0.25, -0.2) is 9.37 Å². The van der Waals surface area contributed by atoms with E-state index in [4.69, 9.17) is 40.8 Å². The normalized spacial score (nSPS) is 27.9. The van der Waals surface area contributed by atoms with Crippen molar-refractivity contribution in [3.8, 4) is 23.1 Å². The zero-order chi connectivity index (χ0) is 34.1. The molecule has 3 aromatic heterocycles. The summed E-state index contributed by atoms with van der Waals surface area (Å²) in [6.07, 6.45) is 9.07. The number of likely N-dealkylation sites (tertiary alicyclic amines) is 1. The van der Waals surface area contributed by atoms with E-state index in [9.17, 15) is 10.2 Å². The van der Waals surface area contributed by atoms with Gasteiger partial charge in [-0.2, -0.15) is 15.1 Å². The number of β-amino-alcohol motifs (C(OH)–C–C–N with tert-alkyl or cyclic N) is 1. The van der Waals surface area contributed by atoms with Crippen LogP contribution in [0.2, 0.25) is 5.02 Å². The van der Waals surface area contributed by atoms with Gasteiger partial charge in [-0.1, -0.05) is 18.0 Å². The molecule has 2 aliphatic heterocycles. The number of hydrogen-bond acceptors (Lipinski definition) is 11. The number of H-pyrrole nitrogens is 1. The highest BCUT2D eigenvalue weighted by atomic mass is 35.5. The summed E-state index contributed by atoms with van der Waals surface area (Å²) in [5.41, 5.74) is 0.392. The van der Waals surface area contributed by atoms with Crippen LogP contribution in [-0.4, -0.2) is 111 Å². The molecule has 0 unspecified atom stereocenters. The van der Waals surface area contributed by atoms with Gasteiger partial charge in [-0.05, 0) is 70.5 Å². The summed E-state index contributed by atoms with van der Waals surface area (Å²) in [5, 5.41) is 29.7. The maximum Gasteiger partial charge on any atom is 0.319 e. The summed E-state index contributed by atoms with van der Waals surface area (Å²) < 4.78 is 35.4. The van der Waals surface area contributed by atoms with Crippen LogP contribution in [0.5, 0.6) is 11.9 Å². The Morgan fingerprint density at radius 1 is 1.18 bits per heavy atom. The van der Waals surface area contributed by atoms with Crippen LogP contribution in [0.3, 0.4) is 0 Å². The van der Waals surface area contributed by atoms with Crippen molar-refractivity contribution in [1.82, 2.24) is 30.0 Å². The first-order chi connectivity index (χ1) is 23.6. The number of pyridine rings is 1. The average molecular weight is 696 g/mol. The fourth-order valence-corrected chi connectivity index (χ4v) is 8.76. The van der Waals surface area contributed by atoms with Crippen molar-refractivity contribution in [3.05, 3.63) is 28.7 Å². The Hall–Kier alpha value is -3.36. The number of rotatable bonds is 8. The van der Waals surface area contributed by atoms with E-state index in [0.717, 1.165) is 38.6 Å². The van der Waals surface area contributed by atoms with Gasteiger partial charge in [0, 0.05) is 40.0 Å². The van der Waals surface area contributed by atoms with Crippen molar-refractivity contribution in [2.45, 2.75) is 82.6 Å². The van der Waals surface area contributed by atoms with Crippen LogP contribution in [0.1, 0.15) is 57.4 Å². The van der Waals surface area contributed by atoms with Crippen LogP contribution >= 0.6 is 11.6 Å². The fourth-order valence-electron chi connectivity index (χ4n) is 8.56. The molecule has 0 bridgehead atoms. The lowest BCUT2D eigenvalue weighted by molar-refractivity contribution is -0.0528. The topological polar surface area (TPSA) is 142 Å². The van der Waals surface area contributed by atoms with Gasteiger partial charge in [-0.3, -0.25) is 10.00 Å². The van der Waals surface area contributed by atoms with Gasteiger partial charge < -0.3 is 29.3 Å². The molecule has 8 rings (SSSR count). The molecule has 2 saturated heterocycles. The Morgan fingerprint density at radius 2 is 2.00 bits per heavy atom. The van der Waals surface area contributed by atoms with Crippen molar-refractivity contribution >= 4 is 39.2 Å². The molecule has 3 N–H and O–H groups in total. The van der Waals surface area contributed by atoms with Gasteiger partial charge in [0.15, 0.2) is 5.82 Å². The number of hydrogen-bond donors (Lipinski definition) is 3. The number of anilines is 1. The van der Waals surface area contributed by atoms with E-state index in [1.54, 1.807) is 24.1 Å². The number of halogens is 2. The Balaban J connectivity index is 1.29. The molecular formula is C35H43ClFN7O5. The standard InChI is InChI=1S/C35H43ClFN7O5/c1-19-23(36)12-24-22(13-38-42-24)26(19)29-28(37)30-27(32(39-29)47-3)31(43-14-21(15-45)48-17-34(2,46)16-43)41-33(40-30)49-18-35-9-4-6-25(35)44(11-5-10-35)20-7-8-20/h12-13,20-21,25,45-46H,4-11,14-18H2,1-3H3,(H,38,42)/t21-,25-,34+,35-/m1/s1. The second-order valence-corrected chi connectivity index (χ2v) is 15.1. The number of ether oxygens (including phenoxy) is 3. The van der Waals surface area contributed by atoms with E-state index in [2.05, 4.69) is 15.1 Å². The first-order valence-electron chi connectivity index (χ1n) is 17.3. The van der Waals surface area contributed by atoms with Gasteiger partial charge in [-0.15, -0.1) is 0 Å². The molecule has 14 heteroatoms. The minimum Gasteiger partial charge on any atom is -0.480 e. The maximum absolute atomic E-state index is 17.2. The molecule has 2 aliphatic carbocycles. The maximum atomic E-state index is 17.2. The number of aromatic amines is 1. The van der Waals surface area contributed by atoms with Crippen molar-refractivity contribution in [3.63, 3.8) is 0 Å². The summed E-state index contributed by atoms with van der Waals surface area (Å²) in [5.74, 6) is -0.321. The van der Waals surface area contributed by atoms with Crippen molar-refractivity contribution < 1.29 is 28.8 Å². The molecule has 5 heterocycles. The summed E-state index contributed by atoms with van der Waals surface area (Å²) in [4.78, 5) is 18.8. The highest BCUT2D eigenvalue weighted by Gasteiger charge is 2.51. The first-order valence-corrected chi connectivity index (χ1v) is 17.7. The summed E-state index contributed by atoms with van der Waals surface area (Å²) >= 11 is 6.62. The number of fused-ring (bicyclic) bond motifs is 3. The van der Waals surface area contributed by atoms with E-state index >= 15 is 4.39 Å². The van der Waals surface area contributed by atoms with Crippen LogP contribution < -0.4 is 14.4 Å². The van der Waals surface area contributed by atoms with Crippen molar-refractivity contribution in [1.29, 1.82) is 0 Å². The lowest BCUT2D eigenvalue weighted by Gasteiger charge is -2.46. The molecule has 4 aromatic rings. The Kier molecular flexibility index (Phi) is 8.34. The summed E-state index contributed by atoms with van der Waals surface area (Å²) in [6.45, 7) is 5.01. The summed E-state index contributed by atoms with van der Waals surface area (Å²) in [6, 6.07) is 2.91. The molecule has 0 amide bonds. The van der Waals surface area contributed by atoms with Gasteiger partial charge in [0.1, 0.15) is 28.0 Å². The van der Waals surface area contributed by atoms with Crippen molar-refractivity contribution in [2.24, 2.45) is 5.41 Å². The fraction of sp³-hybridized carbons (Fsp3) is 0.600. The van der Waals surface area contributed by atoms with E-state index < -0.39 is 17.5 Å². The van der Waals surface area contributed by atoms with Gasteiger partial charge in [0.2, 0.25) is 5.88 Å². The van der Waals surface area contributed by atoms with Crippen LogP contribution in [0, 0.1) is 18.2 Å². The number of piperidine rings is 1. The molecule has 0 radical (unpaired) electrons. The van der Waals surface area contributed by atoms with Crippen LogP contribution in [0.25, 0.3) is 33.1 Å². The highest BCUT2D eigenvalue weighted by Crippen LogP contribution is 2.51. The van der Waals surface area contributed by atoms with E-state index in [-0.39, 0.29) is 66.0 Å². The van der Waals surface area contributed by atoms with Gasteiger partial charge in [0.05, 0.1) is 51.3 Å². The zero-order valence-electron chi connectivity index (χ0n) is 28.1. The third-order valence-electron chi connectivity index (χ3n) is 11.0. The third-order valence-corrected chi connectivity index (χ3v) is 11.4. The Labute approximate surface area is 288 Å². The van der Waals surface area contributed by atoms with Gasteiger partial charge in [0.25, 0.3) is 0 Å². The van der Waals surface area contributed by atoms with Crippen LogP contribution in [0.4, 0.5) is 10.2 Å². The monoisotopic (exact) mass is 695 g/mol. The SMILES string of the molecule is COc1nc(-c2c(C)c(Cl)cc3[nH]ncc23)c(F)c2nc(OC[C@]34CCC[C@H]3N(C3CC3)CCC4)nc(N3C[C@H](CO)OC[C@@](C)(O)C3)c12. The molecular weight excluding hydrogens is 653 g/mol. The number of nitrogens with zero attached hydrogens (tertiary/aromatic N) is 6. The van der Waals surface area contributed by atoms with Crippen LogP contribution in [-0.2, 0) is 4.74 Å². The number of aliphatic hydroxyl groups excluding tert-OH is 1. The molecule has 4 atom stereocenters. The largest absolute Gasteiger partial charge is 0.480 e. The lowest BCUT2D eigenvalue weighted by atomic mass is 9.75. The first kappa shape index (κ1) is 32.8. The molecule has 262 valence electrons. The van der Waals surface area contributed by atoms with Crippen molar-refractivity contribution in [2.75, 3.05) is 51.5 Å². The molecule has 12 nitrogen and oxygen atoms in total. The van der Waals surface area contributed by atoms with E-state index in [0.29, 0.717) is 45.7 Å². The highest BCUT2D eigenvalue weighted by molar-refractivity contribution is 6.33. The zero-order valence-corrected chi connectivity index (χ0v) is 28.9. The van der Waals surface area contributed by atoms with Crippen LogP contribution in [0.15, 0.2) is 12.3 Å². The summed E-state index contributed by atoms with van der Waals surface area (Å²) in [7, 11) is 1.46. The lowest BCUT2D eigenvalue weighted by Crippen LogP contribution is -2.52. The molecule has 4 aliphatic rings. The molecule has 0 spiro atoms. The smallest absolute Gasteiger partial charge is 0.319 e. The molecule has 2 saturated carbocycles.